The van der Waals surface area contributed by atoms with Gasteiger partial charge in [-0.25, -0.2) is 9.97 Å². The summed E-state index contributed by atoms with van der Waals surface area (Å²) < 4.78 is 17.5. The number of benzene rings is 3. The summed E-state index contributed by atoms with van der Waals surface area (Å²) in [5, 5.41) is 13.5. The highest BCUT2D eigenvalue weighted by molar-refractivity contribution is 5.72. The zero-order chi connectivity index (χ0) is 30.6. The Bertz CT molecular complexity index is 1650. The molecule has 5 aromatic rings. The van der Waals surface area contributed by atoms with Crippen molar-refractivity contribution in [2.45, 2.75) is 20.1 Å². The molecule has 44 heavy (non-hydrogen) atoms. The van der Waals surface area contributed by atoms with E-state index in [2.05, 4.69) is 64.6 Å². The third-order valence-corrected chi connectivity index (χ3v) is 7.40. The fourth-order valence-corrected chi connectivity index (χ4v) is 4.99. The Balaban J connectivity index is 1.35. The predicted octanol–water partition coefficient (Wildman–Crippen LogP) is 6.58. The molecule has 8 heteroatoms. The van der Waals surface area contributed by atoms with Gasteiger partial charge in [-0.2, -0.15) is 5.26 Å². The first kappa shape index (κ1) is 30.6. The summed E-state index contributed by atoms with van der Waals surface area (Å²) in [5.41, 5.74) is 6.06. The second-order valence-corrected chi connectivity index (χ2v) is 10.2. The van der Waals surface area contributed by atoms with Gasteiger partial charge in [0.2, 0.25) is 11.8 Å². The zero-order valence-corrected chi connectivity index (χ0v) is 25.2. The van der Waals surface area contributed by atoms with Crippen LogP contribution in [0.25, 0.3) is 33.5 Å². The second kappa shape index (κ2) is 15.6. The summed E-state index contributed by atoms with van der Waals surface area (Å²) in [4.78, 5) is 11.5. The van der Waals surface area contributed by atoms with Crippen LogP contribution in [0.15, 0.2) is 102 Å². The Morgan fingerprint density at radius 1 is 0.864 bits per heavy atom. The minimum absolute atomic E-state index is 0.0374. The van der Waals surface area contributed by atoms with Gasteiger partial charge in [-0.15, -0.1) is 0 Å². The lowest BCUT2D eigenvalue weighted by molar-refractivity contribution is 0.151. The van der Waals surface area contributed by atoms with Crippen LogP contribution >= 0.6 is 0 Å². The topological polar surface area (TPSA) is 96.4 Å². The standard InChI is InChI=1S/C36H37N5O3/c1-3-41(22-23-42-2)21-20-38-25-33-35(30-16-14-28(15-17-30)27-10-6-4-7-11-27)40-34(44-33)26-43-36-32(24-37)31(18-19-39-36)29-12-8-5-9-13-29/h4-19,38H,3,20-23,25-26H2,1-2H3. The molecular formula is C36H37N5O3. The third-order valence-electron chi connectivity index (χ3n) is 7.40. The second-order valence-electron chi connectivity index (χ2n) is 10.2. The van der Waals surface area contributed by atoms with Gasteiger partial charge >= 0.3 is 0 Å². The highest BCUT2D eigenvalue weighted by atomic mass is 16.5. The van der Waals surface area contributed by atoms with E-state index in [0.29, 0.717) is 24.6 Å². The fraction of sp³-hybridized carbons (Fsp3) is 0.250. The van der Waals surface area contributed by atoms with Crippen LogP contribution in [-0.4, -0.2) is 54.8 Å². The number of ether oxygens (including phenoxy) is 2. The Morgan fingerprint density at radius 3 is 2.23 bits per heavy atom. The highest BCUT2D eigenvalue weighted by Gasteiger charge is 2.18. The van der Waals surface area contributed by atoms with Crippen LogP contribution in [0.4, 0.5) is 0 Å². The van der Waals surface area contributed by atoms with Gasteiger partial charge in [0, 0.05) is 44.1 Å². The van der Waals surface area contributed by atoms with Crippen molar-refractivity contribution in [2.24, 2.45) is 0 Å². The van der Waals surface area contributed by atoms with Crippen molar-refractivity contribution in [3.05, 3.63) is 114 Å². The van der Waals surface area contributed by atoms with E-state index in [4.69, 9.17) is 18.9 Å². The van der Waals surface area contributed by atoms with Gasteiger partial charge < -0.3 is 24.1 Å². The number of aromatic nitrogens is 2. The van der Waals surface area contributed by atoms with E-state index in [0.717, 1.165) is 65.5 Å². The number of hydrogen-bond donors (Lipinski definition) is 1. The maximum Gasteiger partial charge on any atom is 0.233 e. The van der Waals surface area contributed by atoms with Gasteiger partial charge in [0.1, 0.15) is 23.1 Å². The molecule has 1 N–H and O–H groups in total. The Hall–Kier alpha value is -4.81. The summed E-state index contributed by atoms with van der Waals surface area (Å²) >= 11 is 0. The highest BCUT2D eigenvalue weighted by Crippen LogP contribution is 2.30. The number of nitrogens with one attached hydrogen (secondary N) is 1. The van der Waals surface area contributed by atoms with Crippen molar-refractivity contribution >= 4 is 0 Å². The van der Waals surface area contributed by atoms with Crippen LogP contribution in [0.3, 0.4) is 0 Å². The summed E-state index contributed by atoms with van der Waals surface area (Å²) in [5.74, 6) is 1.38. The van der Waals surface area contributed by atoms with Gasteiger partial charge in [0.05, 0.1) is 13.2 Å². The monoisotopic (exact) mass is 587 g/mol. The molecule has 3 aromatic carbocycles. The van der Waals surface area contributed by atoms with Gasteiger partial charge in [-0.3, -0.25) is 0 Å². The van der Waals surface area contributed by atoms with E-state index >= 15 is 0 Å². The lowest BCUT2D eigenvalue weighted by Gasteiger charge is -2.19. The van der Waals surface area contributed by atoms with Crippen molar-refractivity contribution in [3.8, 4) is 45.5 Å². The first-order valence-electron chi connectivity index (χ1n) is 14.8. The van der Waals surface area contributed by atoms with Crippen LogP contribution < -0.4 is 10.1 Å². The molecule has 2 heterocycles. The molecule has 0 radical (unpaired) electrons. The molecule has 8 nitrogen and oxygen atoms in total. The molecule has 0 atom stereocenters. The van der Waals surface area contributed by atoms with Crippen LogP contribution in [0.5, 0.6) is 5.88 Å². The molecule has 0 fully saturated rings. The van der Waals surface area contributed by atoms with Crippen molar-refractivity contribution in [2.75, 3.05) is 39.9 Å². The van der Waals surface area contributed by atoms with Crippen LogP contribution in [-0.2, 0) is 17.9 Å². The van der Waals surface area contributed by atoms with Crippen LogP contribution in [0.1, 0.15) is 24.1 Å². The molecule has 0 aliphatic carbocycles. The molecule has 0 aliphatic heterocycles. The number of rotatable bonds is 15. The Kier molecular flexibility index (Phi) is 10.9. The fourth-order valence-electron chi connectivity index (χ4n) is 4.99. The van der Waals surface area contributed by atoms with Gasteiger partial charge in [-0.1, -0.05) is 91.9 Å². The average molecular weight is 588 g/mol. The van der Waals surface area contributed by atoms with E-state index in [-0.39, 0.29) is 12.5 Å². The number of nitriles is 1. The first-order chi connectivity index (χ1) is 21.7. The summed E-state index contributed by atoms with van der Waals surface area (Å²) in [6.07, 6.45) is 1.65. The molecule has 0 spiro atoms. The number of hydrogen-bond acceptors (Lipinski definition) is 8. The van der Waals surface area contributed by atoms with E-state index < -0.39 is 0 Å². The normalized spacial score (nSPS) is 11.0. The molecule has 0 amide bonds. The van der Waals surface area contributed by atoms with Gasteiger partial charge in [0.15, 0.2) is 6.61 Å². The van der Waals surface area contributed by atoms with Crippen molar-refractivity contribution < 1.29 is 13.9 Å². The largest absolute Gasteiger partial charge is 0.467 e. The summed E-state index contributed by atoms with van der Waals surface area (Å²) in [6.45, 7) is 6.94. The number of likely N-dealkylation sites (N-methyl/N-ethyl adjacent to an activating group) is 1. The quantitative estimate of drug-likeness (QED) is 0.137. The van der Waals surface area contributed by atoms with Crippen LogP contribution in [0.2, 0.25) is 0 Å². The number of oxazole rings is 1. The smallest absolute Gasteiger partial charge is 0.233 e. The SMILES string of the molecule is CCN(CCNCc1oc(COc2nccc(-c3ccccc3)c2C#N)nc1-c1ccc(-c2ccccc2)cc1)CCOC. The van der Waals surface area contributed by atoms with Crippen LogP contribution in [0, 0.1) is 11.3 Å². The average Bonchev–Trinajstić information content (AvgIpc) is 3.50. The van der Waals surface area contributed by atoms with Gasteiger partial charge in [0.25, 0.3) is 0 Å². The van der Waals surface area contributed by atoms with E-state index in [1.54, 1.807) is 13.3 Å². The molecule has 5 rings (SSSR count). The van der Waals surface area contributed by atoms with E-state index in [1.807, 2.05) is 54.6 Å². The molecule has 0 saturated carbocycles. The Morgan fingerprint density at radius 2 is 1.55 bits per heavy atom. The molecule has 0 bridgehead atoms. The molecule has 224 valence electrons. The minimum Gasteiger partial charge on any atom is -0.467 e. The summed E-state index contributed by atoms with van der Waals surface area (Å²) in [6, 6.07) is 32.4. The molecule has 0 aliphatic rings. The van der Waals surface area contributed by atoms with E-state index in [9.17, 15) is 5.26 Å². The zero-order valence-electron chi connectivity index (χ0n) is 25.2. The Labute approximate surface area is 258 Å². The molecule has 2 aromatic heterocycles. The van der Waals surface area contributed by atoms with E-state index in [1.165, 1.54) is 0 Å². The van der Waals surface area contributed by atoms with Gasteiger partial charge in [-0.05, 0) is 29.3 Å². The number of nitrogens with zero attached hydrogens (tertiary/aromatic N) is 4. The number of pyridine rings is 1. The summed E-state index contributed by atoms with van der Waals surface area (Å²) in [7, 11) is 1.72. The lowest BCUT2D eigenvalue weighted by atomic mass is 10.0. The van der Waals surface area contributed by atoms with Crippen molar-refractivity contribution in [1.82, 2.24) is 20.2 Å². The molecule has 0 saturated heterocycles. The first-order valence-corrected chi connectivity index (χ1v) is 14.8. The minimum atomic E-state index is 0.0374. The van der Waals surface area contributed by atoms with Crippen molar-refractivity contribution in [3.63, 3.8) is 0 Å². The van der Waals surface area contributed by atoms with Crippen molar-refractivity contribution in [1.29, 1.82) is 5.26 Å². The maximum absolute atomic E-state index is 9.96. The molecular weight excluding hydrogens is 550 g/mol. The molecule has 0 unspecified atom stereocenters. The third kappa shape index (κ3) is 7.77. The number of methoxy groups -OCH3 is 1. The lowest BCUT2D eigenvalue weighted by Crippen LogP contribution is -2.34. The maximum atomic E-state index is 9.96. The predicted molar refractivity (Wildman–Crippen MR) is 172 cm³/mol.